The van der Waals surface area contributed by atoms with Gasteiger partial charge in [0.25, 0.3) is 11.6 Å². The van der Waals surface area contributed by atoms with Crippen LogP contribution in [0.4, 0.5) is 0 Å². The summed E-state index contributed by atoms with van der Waals surface area (Å²) in [6.07, 6.45) is 4.96. The number of rotatable bonds is 3. The SMILES string of the molecule is Cn1c(OC2CCNCC2)nc(-c2ccncn2)cc1=O. The average Bonchev–Trinajstić information content (AvgIpc) is 2.53. The van der Waals surface area contributed by atoms with Gasteiger partial charge in [-0.25, -0.2) is 9.97 Å². The van der Waals surface area contributed by atoms with Crippen LogP contribution in [0.2, 0.25) is 0 Å². The first kappa shape index (κ1) is 13.7. The lowest BCUT2D eigenvalue weighted by Gasteiger charge is -2.24. The second-order valence-corrected chi connectivity index (χ2v) is 4.98. The van der Waals surface area contributed by atoms with E-state index in [2.05, 4.69) is 20.3 Å². The van der Waals surface area contributed by atoms with Crippen LogP contribution in [0, 0.1) is 0 Å². The van der Waals surface area contributed by atoms with Gasteiger partial charge >= 0.3 is 0 Å². The summed E-state index contributed by atoms with van der Waals surface area (Å²) < 4.78 is 7.32. The normalized spacial score (nSPS) is 15.9. The lowest BCUT2D eigenvalue weighted by atomic mass is 10.1. The van der Waals surface area contributed by atoms with Gasteiger partial charge in [-0.1, -0.05) is 0 Å². The quantitative estimate of drug-likeness (QED) is 0.878. The van der Waals surface area contributed by atoms with Crippen molar-refractivity contribution < 1.29 is 4.74 Å². The minimum absolute atomic E-state index is 0.0880. The summed E-state index contributed by atoms with van der Waals surface area (Å²) >= 11 is 0. The Balaban J connectivity index is 1.92. The molecule has 1 aliphatic heterocycles. The van der Waals surface area contributed by atoms with Gasteiger partial charge in [-0.3, -0.25) is 9.36 Å². The number of nitrogens with zero attached hydrogens (tertiary/aromatic N) is 4. The smallest absolute Gasteiger partial charge is 0.299 e. The van der Waals surface area contributed by atoms with Crippen molar-refractivity contribution in [2.75, 3.05) is 13.1 Å². The summed E-state index contributed by atoms with van der Waals surface area (Å²) in [7, 11) is 1.66. The van der Waals surface area contributed by atoms with Gasteiger partial charge in [0.2, 0.25) is 0 Å². The predicted molar refractivity (Wildman–Crippen MR) is 77.0 cm³/mol. The molecular formula is C14H17N5O2. The Labute approximate surface area is 122 Å². The van der Waals surface area contributed by atoms with Gasteiger partial charge in [-0.2, -0.15) is 4.98 Å². The molecule has 7 heteroatoms. The number of nitrogens with one attached hydrogen (secondary N) is 1. The van der Waals surface area contributed by atoms with Crippen LogP contribution in [0.25, 0.3) is 11.4 Å². The summed E-state index contributed by atoms with van der Waals surface area (Å²) in [5.74, 6) is 0. The van der Waals surface area contributed by atoms with Gasteiger partial charge in [0.15, 0.2) is 0 Å². The first-order valence-corrected chi connectivity index (χ1v) is 6.96. The molecule has 0 amide bonds. The number of piperidine rings is 1. The van der Waals surface area contributed by atoms with Crippen molar-refractivity contribution in [2.24, 2.45) is 7.05 Å². The summed E-state index contributed by atoms with van der Waals surface area (Å²) in [6.45, 7) is 1.84. The van der Waals surface area contributed by atoms with Crippen molar-refractivity contribution in [1.29, 1.82) is 0 Å². The molecule has 7 nitrogen and oxygen atoms in total. The van der Waals surface area contributed by atoms with E-state index in [1.165, 1.54) is 17.0 Å². The van der Waals surface area contributed by atoms with Gasteiger partial charge < -0.3 is 10.1 Å². The Morgan fingerprint density at radius 3 is 2.86 bits per heavy atom. The van der Waals surface area contributed by atoms with Crippen molar-refractivity contribution in [3.63, 3.8) is 0 Å². The molecule has 2 aromatic heterocycles. The zero-order valence-electron chi connectivity index (χ0n) is 11.8. The Kier molecular flexibility index (Phi) is 3.92. The summed E-state index contributed by atoms with van der Waals surface area (Å²) in [5.41, 5.74) is 0.949. The molecule has 0 unspecified atom stereocenters. The van der Waals surface area contributed by atoms with Gasteiger partial charge in [0.1, 0.15) is 12.4 Å². The average molecular weight is 287 g/mol. The molecule has 21 heavy (non-hydrogen) atoms. The van der Waals surface area contributed by atoms with Crippen LogP contribution in [0.3, 0.4) is 0 Å². The minimum atomic E-state index is -0.164. The number of hydrogen-bond acceptors (Lipinski definition) is 6. The highest BCUT2D eigenvalue weighted by Gasteiger charge is 2.18. The largest absolute Gasteiger partial charge is 0.461 e. The fraction of sp³-hybridized carbons (Fsp3) is 0.429. The summed E-state index contributed by atoms with van der Waals surface area (Å²) in [5, 5.41) is 3.28. The molecule has 1 fully saturated rings. The molecule has 0 atom stereocenters. The fourth-order valence-electron chi connectivity index (χ4n) is 2.26. The van der Waals surface area contributed by atoms with Gasteiger partial charge in [0.05, 0.1) is 11.4 Å². The summed E-state index contributed by atoms with van der Waals surface area (Å²) in [4.78, 5) is 24.5. The lowest BCUT2D eigenvalue weighted by Crippen LogP contribution is -2.35. The Morgan fingerprint density at radius 1 is 1.33 bits per heavy atom. The van der Waals surface area contributed by atoms with E-state index < -0.39 is 0 Å². The molecular weight excluding hydrogens is 270 g/mol. The van der Waals surface area contributed by atoms with E-state index in [-0.39, 0.29) is 11.7 Å². The van der Waals surface area contributed by atoms with Crippen LogP contribution in [-0.2, 0) is 7.05 Å². The molecule has 1 saturated heterocycles. The molecule has 1 aliphatic rings. The maximum absolute atomic E-state index is 12.1. The highest BCUT2D eigenvalue weighted by molar-refractivity contribution is 5.52. The van der Waals surface area contributed by atoms with E-state index in [4.69, 9.17) is 4.74 Å². The van der Waals surface area contributed by atoms with E-state index in [1.807, 2.05) is 0 Å². The zero-order valence-corrected chi connectivity index (χ0v) is 11.8. The van der Waals surface area contributed by atoms with Crippen LogP contribution in [0.15, 0.2) is 29.5 Å². The van der Waals surface area contributed by atoms with Crippen LogP contribution in [-0.4, -0.2) is 38.7 Å². The van der Waals surface area contributed by atoms with Crippen molar-refractivity contribution in [1.82, 2.24) is 24.8 Å². The molecule has 0 spiro atoms. The van der Waals surface area contributed by atoms with Gasteiger partial charge in [0, 0.05) is 19.3 Å². The number of hydrogen-bond donors (Lipinski definition) is 1. The molecule has 0 aromatic carbocycles. The van der Waals surface area contributed by atoms with E-state index in [0.29, 0.717) is 17.4 Å². The van der Waals surface area contributed by atoms with E-state index >= 15 is 0 Å². The number of ether oxygens (including phenoxy) is 1. The molecule has 2 aromatic rings. The highest BCUT2D eigenvalue weighted by atomic mass is 16.5. The maximum atomic E-state index is 12.1. The van der Waals surface area contributed by atoms with E-state index in [1.54, 1.807) is 19.3 Å². The molecule has 3 rings (SSSR count). The van der Waals surface area contributed by atoms with Crippen LogP contribution in [0.5, 0.6) is 6.01 Å². The zero-order chi connectivity index (χ0) is 14.7. The molecule has 110 valence electrons. The van der Waals surface area contributed by atoms with E-state index in [9.17, 15) is 4.79 Å². The minimum Gasteiger partial charge on any atom is -0.461 e. The third-order valence-corrected chi connectivity index (χ3v) is 3.50. The van der Waals surface area contributed by atoms with Gasteiger partial charge in [-0.05, 0) is 32.0 Å². The van der Waals surface area contributed by atoms with Crippen molar-refractivity contribution >= 4 is 0 Å². The van der Waals surface area contributed by atoms with E-state index in [0.717, 1.165) is 25.9 Å². The topological polar surface area (TPSA) is 81.9 Å². The van der Waals surface area contributed by atoms with Crippen molar-refractivity contribution in [2.45, 2.75) is 18.9 Å². The lowest BCUT2D eigenvalue weighted by molar-refractivity contribution is 0.142. The van der Waals surface area contributed by atoms with Crippen LogP contribution >= 0.6 is 0 Å². The Hall–Kier alpha value is -2.28. The summed E-state index contributed by atoms with van der Waals surface area (Å²) in [6, 6.07) is 3.51. The van der Waals surface area contributed by atoms with Crippen LogP contribution in [0.1, 0.15) is 12.8 Å². The molecule has 0 saturated carbocycles. The predicted octanol–water partition coefficient (Wildman–Crippen LogP) is 0.368. The molecule has 3 heterocycles. The van der Waals surface area contributed by atoms with Crippen molar-refractivity contribution in [3.05, 3.63) is 35.0 Å². The molecule has 1 N–H and O–H groups in total. The first-order chi connectivity index (χ1) is 10.2. The molecule has 0 aliphatic carbocycles. The third-order valence-electron chi connectivity index (χ3n) is 3.50. The fourth-order valence-corrected chi connectivity index (χ4v) is 2.26. The standard InChI is InChI=1S/C14H17N5O2/c1-19-13(20)8-12(11-4-7-16-9-17-11)18-14(19)21-10-2-5-15-6-3-10/h4,7-10,15H,2-3,5-6H2,1H3. The second kappa shape index (κ2) is 6.01. The Morgan fingerprint density at radius 2 is 2.14 bits per heavy atom. The Bertz CT molecular complexity index is 665. The molecule has 0 radical (unpaired) electrons. The number of aromatic nitrogens is 4. The molecule has 0 bridgehead atoms. The maximum Gasteiger partial charge on any atom is 0.299 e. The van der Waals surface area contributed by atoms with Crippen LogP contribution < -0.4 is 15.6 Å². The third kappa shape index (κ3) is 3.08. The first-order valence-electron chi connectivity index (χ1n) is 6.96. The van der Waals surface area contributed by atoms with Gasteiger partial charge in [-0.15, -0.1) is 0 Å². The highest BCUT2D eigenvalue weighted by Crippen LogP contribution is 2.17. The second-order valence-electron chi connectivity index (χ2n) is 4.98. The monoisotopic (exact) mass is 287 g/mol. The van der Waals surface area contributed by atoms with Crippen molar-refractivity contribution in [3.8, 4) is 17.4 Å².